The largest absolute Gasteiger partial charge is 0.335 e. The van der Waals surface area contributed by atoms with Crippen LogP contribution in [0.2, 0.25) is 0 Å². The Bertz CT molecular complexity index is 954. The number of H-pyrrole nitrogens is 1. The van der Waals surface area contributed by atoms with Gasteiger partial charge in [-0.25, -0.2) is 5.10 Å². The second-order valence-corrected chi connectivity index (χ2v) is 7.68. The first kappa shape index (κ1) is 17.6. The van der Waals surface area contributed by atoms with Crippen molar-refractivity contribution in [1.29, 1.82) is 0 Å². The lowest BCUT2D eigenvalue weighted by molar-refractivity contribution is 0.0622. The van der Waals surface area contributed by atoms with Crippen molar-refractivity contribution in [3.05, 3.63) is 75.5 Å². The van der Waals surface area contributed by atoms with Crippen molar-refractivity contribution in [2.75, 3.05) is 26.2 Å². The van der Waals surface area contributed by atoms with Gasteiger partial charge in [0.2, 0.25) is 0 Å². The van der Waals surface area contributed by atoms with E-state index in [1.165, 1.54) is 27.5 Å². The minimum atomic E-state index is -0.304. The molecule has 3 aromatic rings. The third-order valence-corrected chi connectivity index (χ3v) is 5.78. The summed E-state index contributed by atoms with van der Waals surface area (Å²) in [6, 6.07) is 17.6. The Morgan fingerprint density at radius 3 is 2.48 bits per heavy atom. The van der Waals surface area contributed by atoms with Gasteiger partial charge in [0, 0.05) is 48.5 Å². The highest BCUT2D eigenvalue weighted by Gasteiger charge is 2.23. The number of aromatic nitrogens is 2. The number of carbonyl (C=O) groups is 1. The molecule has 1 aromatic carbocycles. The van der Waals surface area contributed by atoms with E-state index >= 15 is 0 Å². The molecule has 1 aliphatic heterocycles. The summed E-state index contributed by atoms with van der Waals surface area (Å²) >= 11 is 1.82. The van der Waals surface area contributed by atoms with E-state index in [9.17, 15) is 9.59 Å². The maximum atomic E-state index is 12.5. The molecular weight excluding hydrogens is 360 g/mol. The summed E-state index contributed by atoms with van der Waals surface area (Å²) in [6.45, 7) is 3.88. The molecule has 7 heteroatoms. The summed E-state index contributed by atoms with van der Waals surface area (Å²) in [7, 11) is 0. The van der Waals surface area contributed by atoms with Gasteiger partial charge in [-0.05, 0) is 23.8 Å². The average molecular weight is 380 g/mol. The van der Waals surface area contributed by atoms with Crippen LogP contribution in [-0.2, 0) is 6.54 Å². The molecule has 0 spiro atoms. The molecule has 3 heterocycles. The minimum Gasteiger partial charge on any atom is -0.335 e. The predicted octanol–water partition coefficient (Wildman–Crippen LogP) is 2.46. The highest BCUT2D eigenvalue weighted by molar-refractivity contribution is 7.15. The Morgan fingerprint density at radius 1 is 1.00 bits per heavy atom. The van der Waals surface area contributed by atoms with Gasteiger partial charge >= 0.3 is 0 Å². The monoisotopic (exact) mass is 380 g/mol. The fourth-order valence-corrected chi connectivity index (χ4v) is 4.23. The van der Waals surface area contributed by atoms with E-state index in [-0.39, 0.29) is 17.2 Å². The summed E-state index contributed by atoms with van der Waals surface area (Å²) in [6.07, 6.45) is 0. The third kappa shape index (κ3) is 4.15. The quantitative estimate of drug-likeness (QED) is 0.755. The predicted molar refractivity (Wildman–Crippen MR) is 106 cm³/mol. The number of nitrogens with one attached hydrogen (secondary N) is 1. The average Bonchev–Trinajstić information content (AvgIpc) is 3.18. The molecule has 2 aromatic heterocycles. The molecule has 0 aliphatic carbocycles. The van der Waals surface area contributed by atoms with Gasteiger partial charge in [0.1, 0.15) is 5.69 Å². The number of amides is 1. The Labute approximate surface area is 161 Å². The molecule has 4 rings (SSSR count). The minimum absolute atomic E-state index is 0.131. The van der Waals surface area contributed by atoms with Crippen molar-refractivity contribution in [2.45, 2.75) is 6.54 Å². The molecule has 1 N–H and O–H groups in total. The fraction of sp³-hybridized carbons (Fsp3) is 0.250. The topological polar surface area (TPSA) is 69.3 Å². The number of benzene rings is 1. The SMILES string of the molecule is O=C(c1ccc(=O)[nH]n1)N1CCN(Cc2ccc(-c3ccccc3)s2)CC1. The van der Waals surface area contributed by atoms with Crippen LogP contribution in [0, 0.1) is 0 Å². The summed E-state index contributed by atoms with van der Waals surface area (Å²) in [5.74, 6) is -0.131. The standard InChI is InChI=1S/C20H20N4O2S/c25-19-9-7-17(21-22-19)20(26)24-12-10-23(11-13-24)14-16-6-8-18(27-16)15-4-2-1-3-5-15/h1-9H,10-14H2,(H,22,25). The van der Waals surface area contributed by atoms with E-state index in [1.807, 2.05) is 17.4 Å². The van der Waals surface area contributed by atoms with Gasteiger partial charge in [-0.1, -0.05) is 30.3 Å². The lowest BCUT2D eigenvalue weighted by atomic mass is 10.2. The van der Waals surface area contributed by atoms with Gasteiger partial charge in [-0.3, -0.25) is 14.5 Å². The molecule has 6 nitrogen and oxygen atoms in total. The van der Waals surface area contributed by atoms with Crippen LogP contribution in [-0.4, -0.2) is 52.1 Å². The molecule has 0 radical (unpaired) electrons. The molecule has 1 amide bonds. The Morgan fingerprint density at radius 2 is 1.78 bits per heavy atom. The van der Waals surface area contributed by atoms with Crippen molar-refractivity contribution in [1.82, 2.24) is 20.0 Å². The van der Waals surface area contributed by atoms with Crippen LogP contribution < -0.4 is 5.56 Å². The maximum Gasteiger partial charge on any atom is 0.274 e. The lowest BCUT2D eigenvalue weighted by Crippen LogP contribution is -2.48. The van der Waals surface area contributed by atoms with Gasteiger partial charge in [0.15, 0.2) is 0 Å². The van der Waals surface area contributed by atoms with E-state index in [0.29, 0.717) is 13.1 Å². The van der Waals surface area contributed by atoms with E-state index in [0.717, 1.165) is 19.6 Å². The number of piperazine rings is 1. The second kappa shape index (κ2) is 7.85. The molecule has 27 heavy (non-hydrogen) atoms. The second-order valence-electron chi connectivity index (χ2n) is 6.51. The summed E-state index contributed by atoms with van der Waals surface area (Å²) in [5.41, 5.74) is 1.23. The molecule has 0 unspecified atom stereocenters. The highest BCUT2D eigenvalue weighted by atomic mass is 32.1. The first-order valence-electron chi connectivity index (χ1n) is 8.90. The molecule has 1 saturated heterocycles. The molecule has 1 aliphatic rings. The van der Waals surface area contributed by atoms with E-state index in [4.69, 9.17) is 0 Å². The molecule has 1 fully saturated rings. The van der Waals surface area contributed by atoms with Gasteiger partial charge < -0.3 is 4.90 Å². The van der Waals surface area contributed by atoms with Crippen molar-refractivity contribution in [3.8, 4) is 10.4 Å². The Kier molecular flexibility index (Phi) is 5.13. The van der Waals surface area contributed by atoms with Crippen LogP contribution >= 0.6 is 11.3 Å². The molecule has 0 atom stereocenters. The number of nitrogens with zero attached hydrogens (tertiary/aromatic N) is 3. The summed E-state index contributed by atoms with van der Waals surface area (Å²) < 4.78 is 0. The zero-order valence-electron chi connectivity index (χ0n) is 14.8. The van der Waals surface area contributed by atoms with Gasteiger partial charge in [0.25, 0.3) is 11.5 Å². The van der Waals surface area contributed by atoms with Crippen LogP contribution in [0.3, 0.4) is 0 Å². The van der Waals surface area contributed by atoms with Crippen LogP contribution in [0.4, 0.5) is 0 Å². The van der Waals surface area contributed by atoms with Crippen LogP contribution in [0.25, 0.3) is 10.4 Å². The molecule has 0 bridgehead atoms. The Balaban J connectivity index is 1.33. The smallest absolute Gasteiger partial charge is 0.274 e. The number of hydrogen-bond acceptors (Lipinski definition) is 5. The van der Waals surface area contributed by atoms with Gasteiger partial charge in [-0.2, -0.15) is 5.10 Å². The van der Waals surface area contributed by atoms with Gasteiger partial charge in [-0.15, -0.1) is 11.3 Å². The number of aromatic amines is 1. The maximum absolute atomic E-state index is 12.5. The fourth-order valence-electron chi connectivity index (χ4n) is 3.18. The van der Waals surface area contributed by atoms with E-state index < -0.39 is 0 Å². The molecule has 0 saturated carbocycles. The molecular formula is C20H20N4O2S. The van der Waals surface area contributed by atoms with Crippen molar-refractivity contribution < 1.29 is 4.79 Å². The normalized spacial score (nSPS) is 15.0. The highest BCUT2D eigenvalue weighted by Crippen LogP contribution is 2.28. The first-order valence-corrected chi connectivity index (χ1v) is 9.72. The number of hydrogen-bond donors (Lipinski definition) is 1. The van der Waals surface area contributed by atoms with Crippen LogP contribution in [0.15, 0.2) is 59.4 Å². The zero-order valence-corrected chi connectivity index (χ0v) is 15.6. The lowest BCUT2D eigenvalue weighted by Gasteiger charge is -2.34. The number of rotatable bonds is 4. The van der Waals surface area contributed by atoms with Crippen LogP contribution in [0.1, 0.15) is 15.4 Å². The Hall–Kier alpha value is -2.77. The summed E-state index contributed by atoms with van der Waals surface area (Å²) in [5, 5.41) is 6.15. The van der Waals surface area contributed by atoms with Crippen molar-refractivity contribution in [3.63, 3.8) is 0 Å². The van der Waals surface area contributed by atoms with Crippen molar-refractivity contribution >= 4 is 17.2 Å². The molecule has 138 valence electrons. The third-order valence-electron chi connectivity index (χ3n) is 4.66. The van der Waals surface area contributed by atoms with Gasteiger partial charge in [0.05, 0.1) is 0 Å². The first-order chi connectivity index (χ1) is 13.2. The summed E-state index contributed by atoms with van der Waals surface area (Å²) in [4.78, 5) is 30.3. The van der Waals surface area contributed by atoms with Crippen LogP contribution in [0.5, 0.6) is 0 Å². The zero-order chi connectivity index (χ0) is 18.6. The van der Waals surface area contributed by atoms with E-state index in [2.05, 4.69) is 51.5 Å². The number of thiophene rings is 1. The van der Waals surface area contributed by atoms with E-state index in [1.54, 1.807) is 4.90 Å². The number of carbonyl (C=O) groups excluding carboxylic acids is 1. The van der Waals surface area contributed by atoms with Crippen molar-refractivity contribution in [2.24, 2.45) is 0 Å².